The molecule has 1 saturated carbocycles. The molecule has 0 aromatic carbocycles. The Balaban J connectivity index is 2.28. The lowest BCUT2D eigenvalue weighted by molar-refractivity contribution is -0.116. The molecule has 6 nitrogen and oxygen atoms in total. The predicted octanol–water partition coefficient (Wildman–Crippen LogP) is 1.06. The average molecular weight is 314 g/mol. The van der Waals surface area contributed by atoms with Gasteiger partial charge in [-0.15, -0.1) is 0 Å². The quantitative estimate of drug-likeness (QED) is 0.810. The van der Waals surface area contributed by atoms with E-state index in [2.05, 4.69) is 25.9 Å². The third kappa shape index (κ3) is 3.10. The molecule has 4 N–H and O–H groups in total. The zero-order valence-corrected chi connectivity index (χ0v) is 11.6. The Morgan fingerprint density at radius 2 is 2.11 bits per heavy atom. The number of nitrogen functional groups attached to an aromatic ring is 1. The number of carbonyl (C=O) groups excluding carboxylic acids is 1. The van der Waals surface area contributed by atoms with Gasteiger partial charge in [0.05, 0.1) is 6.54 Å². The summed E-state index contributed by atoms with van der Waals surface area (Å²) in [5, 5.41) is 0. The van der Waals surface area contributed by atoms with Crippen molar-refractivity contribution >= 4 is 33.6 Å². The van der Waals surface area contributed by atoms with Crippen molar-refractivity contribution < 1.29 is 4.79 Å². The van der Waals surface area contributed by atoms with E-state index in [4.69, 9.17) is 11.5 Å². The maximum absolute atomic E-state index is 11.2. The summed E-state index contributed by atoms with van der Waals surface area (Å²) in [6.45, 7) is 0.126. The molecule has 1 aliphatic rings. The van der Waals surface area contributed by atoms with Gasteiger partial charge in [0.1, 0.15) is 10.4 Å². The third-order valence-corrected chi connectivity index (χ3v) is 3.46. The molecule has 0 aliphatic heterocycles. The van der Waals surface area contributed by atoms with Crippen LogP contribution in [0.15, 0.2) is 10.7 Å². The van der Waals surface area contributed by atoms with Gasteiger partial charge in [-0.05, 0) is 28.8 Å². The molecule has 1 amide bonds. The van der Waals surface area contributed by atoms with Crippen LogP contribution in [0.3, 0.4) is 0 Å². The monoisotopic (exact) mass is 313 g/mol. The van der Waals surface area contributed by atoms with Crippen molar-refractivity contribution in [2.24, 2.45) is 5.73 Å². The maximum Gasteiger partial charge on any atom is 0.237 e. The Labute approximate surface area is 114 Å². The fraction of sp³-hybridized carbons (Fsp3) is 0.545. The SMILES string of the molecule is NC(=O)CN(c1nc(N)cc(Br)n1)C1CCCC1. The number of primary amides is 1. The van der Waals surface area contributed by atoms with Crippen molar-refractivity contribution in [2.45, 2.75) is 31.7 Å². The molecule has 1 fully saturated rings. The topological polar surface area (TPSA) is 98.1 Å². The number of hydrogen-bond acceptors (Lipinski definition) is 5. The van der Waals surface area contributed by atoms with E-state index >= 15 is 0 Å². The van der Waals surface area contributed by atoms with Crippen LogP contribution in [0.5, 0.6) is 0 Å². The van der Waals surface area contributed by atoms with Crippen LogP contribution in [0.2, 0.25) is 0 Å². The number of hydrogen-bond donors (Lipinski definition) is 2. The summed E-state index contributed by atoms with van der Waals surface area (Å²) >= 11 is 3.28. The number of halogens is 1. The van der Waals surface area contributed by atoms with Gasteiger partial charge < -0.3 is 16.4 Å². The van der Waals surface area contributed by atoms with E-state index in [0.29, 0.717) is 16.4 Å². The molecule has 0 radical (unpaired) electrons. The molecule has 98 valence electrons. The summed E-state index contributed by atoms with van der Waals surface area (Å²) in [5.74, 6) is 0.455. The summed E-state index contributed by atoms with van der Waals surface area (Å²) < 4.78 is 0.609. The second-order valence-corrected chi connectivity index (χ2v) is 5.26. The highest BCUT2D eigenvalue weighted by atomic mass is 79.9. The van der Waals surface area contributed by atoms with Crippen LogP contribution in [-0.2, 0) is 4.79 Å². The number of amides is 1. The van der Waals surface area contributed by atoms with E-state index in [1.54, 1.807) is 6.07 Å². The van der Waals surface area contributed by atoms with Crippen LogP contribution in [0.1, 0.15) is 25.7 Å². The van der Waals surface area contributed by atoms with E-state index in [-0.39, 0.29) is 18.5 Å². The highest BCUT2D eigenvalue weighted by Gasteiger charge is 2.26. The van der Waals surface area contributed by atoms with Gasteiger partial charge in [0.15, 0.2) is 0 Å². The molecule has 1 aromatic rings. The van der Waals surface area contributed by atoms with Gasteiger partial charge in [-0.25, -0.2) is 4.98 Å². The van der Waals surface area contributed by atoms with Gasteiger partial charge in [-0.2, -0.15) is 4.98 Å². The van der Waals surface area contributed by atoms with Crippen molar-refractivity contribution in [1.82, 2.24) is 9.97 Å². The van der Waals surface area contributed by atoms with Crippen molar-refractivity contribution in [3.63, 3.8) is 0 Å². The van der Waals surface area contributed by atoms with E-state index in [1.165, 1.54) is 0 Å². The Hall–Kier alpha value is -1.37. The summed E-state index contributed by atoms with van der Waals surface area (Å²) in [4.78, 5) is 21.5. The second kappa shape index (κ2) is 5.51. The smallest absolute Gasteiger partial charge is 0.237 e. The van der Waals surface area contributed by atoms with Gasteiger partial charge in [-0.1, -0.05) is 12.8 Å². The van der Waals surface area contributed by atoms with Gasteiger partial charge >= 0.3 is 0 Å². The van der Waals surface area contributed by atoms with Gasteiger partial charge in [0, 0.05) is 12.1 Å². The normalized spacial score (nSPS) is 15.8. The standard InChI is InChI=1S/C11H16BrN5O/c12-8-5-9(13)16-11(15-8)17(6-10(14)18)7-3-1-2-4-7/h5,7H,1-4,6H2,(H2,14,18)(H2,13,15,16). The lowest BCUT2D eigenvalue weighted by Gasteiger charge is -2.27. The molecule has 7 heteroatoms. The summed E-state index contributed by atoms with van der Waals surface area (Å²) in [6, 6.07) is 1.90. The highest BCUT2D eigenvalue weighted by Crippen LogP contribution is 2.27. The predicted molar refractivity (Wildman–Crippen MR) is 72.9 cm³/mol. The minimum absolute atomic E-state index is 0.126. The van der Waals surface area contributed by atoms with E-state index in [0.717, 1.165) is 25.7 Å². The lowest BCUT2D eigenvalue weighted by Crippen LogP contribution is -2.41. The number of aromatic nitrogens is 2. The molecule has 2 rings (SSSR count). The van der Waals surface area contributed by atoms with E-state index in [1.807, 2.05) is 4.90 Å². The van der Waals surface area contributed by atoms with Gasteiger partial charge in [-0.3, -0.25) is 4.79 Å². The molecule has 0 unspecified atom stereocenters. The lowest BCUT2D eigenvalue weighted by atomic mass is 10.2. The molecule has 0 saturated heterocycles. The maximum atomic E-state index is 11.2. The minimum Gasteiger partial charge on any atom is -0.383 e. The largest absolute Gasteiger partial charge is 0.383 e. The first kappa shape index (κ1) is 13.1. The molecule has 18 heavy (non-hydrogen) atoms. The Morgan fingerprint density at radius 3 is 2.67 bits per heavy atom. The van der Waals surface area contributed by atoms with Crippen LogP contribution >= 0.6 is 15.9 Å². The zero-order valence-electron chi connectivity index (χ0n) is 9.97. The Morgan fingerprint density at radius 1 is 1.44 bits per heavy atom. The molecule has 1 heterocycles. The first-order valence-corrected chi connectivity index (χ1v) is 6.70. The number of rotatable bonds is 4. The number of carbonyl (C=O) groups is 1. The van der Waals surface area contributed by atoms with Gasteiger partial charge in [0.25, 0.3) is 0 Å². The number of nitrogens with two attached hydrogens (primary N) is 2. The fourth-order valence-electron chi connectivity index (χ4n) is 2.30. The van der Waals surface area contributed by atoms with E-state index < -0.39 is 0 Å². The molecular formula is C11H16BrN5O. The first-order chi connectivity index (χ1) is 8.56. The third-order valence-electron chi connectivity index (χ3n) is 3.05. The zero-order chi connectivity index (χ0) is 13.1. The summed E-state index contributed by atoms with van der Waals surface area (Å²) in [7, 11) is 0. The minimum atomic E-state index is -0.385. The fourth-order valence-corrected chi connectivity index (χ4v) is 2.69. The van der Waals surface area contributed by atoms with Gasteiger partial charge in [0.2, 0.25) is 11.9 Å². The summed E-state index contributed by atoms with van der Waals surface area (Å²) in [5.41, 5.74) is 11.0. The molecule has 0 spiro atoms. The Kier molecular flexibility index (Phi) is 4.00. The van der Waals surface area contributed by atoms with Crippen molar-refractivity contribution in [1.29, 1.82) is 0 Å². The van der Waals surface area contributed by atoms with Crippen LogP contribution < -0.4 is 16.4 Å². The van der Waals surface area contributed by atoms with E-state index in [9.17, 15) is 4.79 Å². The summed E-state index contributed by atoms with van der Waals surface area (Å²) in [6.07, 6.45) is 4.37. The Bertz CT molecular complexity index is 427. The first-order valence-electron chi connectivity index (χ1n) is 5.91. The average Bonchev–Trinajstić information content (AvgIpc) is 2.77. The van der Waals surface area contributed by atoms with Crippen molar-refractivity contribution in [3.05, 3.63) is 10.7 Å². The molecule has 1 aliphatic carbocycles. The van der Waals surface area contributed by atoms with Crippen LogP contribution in [-0.4, -0.2) is 28.5 Å². The van der Waals surface area contributed by atoms with Crippen LogP contribution in [0.4, 0.5) is 11.8 Å². The molecule has 1 aromatic heterocycles. The van der Waals surface area contributed by atoms with Crippen LogP contribution in [0.25, 0.3) is 0 Å². The highest BCUT2D eigenvalue weighted by molar-refractivity contribution is 9.10. The molecule has 0 atom stereocenters. The van der Waals surface area contributed by atoms with Crippen molar-refractivity contribution in [3.8, 4) is 0 Å². The van der Waals surface area contributed by atoms with Crippen molar-refractivity contribution in [2.75, 3.05) is 17.2 Å². The second-order valence-electron chi connectivity index (χ2n) is 4.45. The number of anilines is 2. The van der Waals surface area contributed by atoms with Crippen LogP contribution in [0, 0.1) is 0 Å². The molecule has 0 bridgehead atoms. The molecular weight excluding hydrogens is 298 g/mol. The number of nitrogens with zero attached hydrogens (tertiary/aromatic N) is 3.